The highest BCUT2D eigenvalue weighted by atomic mass is 32.1. The van der Waals surface area contributed by atoms with Crippen LogP contribution in [0, 0.1) is 0 Å². The third-order valence-corrected chi connectivity index (χ3v) is 5.96. The number of para-hydroxylation sites is 1. The second-order valence-electron chi connectivity index (χ2n) is 6.73. The van der Waals surface area contributed by atoms with E-state index in [1.54, 1.807) is 26.0 Å². The summed E-state index contributed by atoms with van der Waals surface area (Å²) in [5.41, 5.74) is 3.65. The minimum atomic E-state index is -0.711. The molecular weight excluding hydrogens is 386 g/mol. The second kappa shape index (κ2) is 8.09. The third-order valence-electron chi connectivity index (χ3n) is 4.78. The average molecular weight is 407 g/mol. The van der Waals surface area contributed by atoms with Crippen LogP contribution < -0.4 is 10.1 Å². The molecule has 6 heteroatoms. The number of carbonyl (C=O) groups excluding carboxylic acids is 2. The number of thiophene rings is 1. The Balaban J connectivity index is 1.62. The van der Waals surface area contributed by atoms with Gasteiger partial charge in [0, 0.05) is 11.3 Å². The number of hydrogen-bond donors (Lipinski definition) is 1. The molecule has 0 bridgehead atoms. The molecule has 1 unspecified atom stereocenters. The second-order valence-corrected chi connectivity index (χ2v) is 7.75. The number of amides is 1. The van der Waals surface area contributed by atoms with Crippen molar-refractivity contribution in [2.24, 2.45) is 0 Å². The van der Waals surface area contributed by atoms with E-state index in [1.165, 1.54) is 16.9 Å². The van der Waals surface area contributed by atoms with Crippen LogP contribution >= 0.6 is 11.3 Å². The molecule has 1 amide bonds. The Hall–Kier alpha value is -3.12. The molecular formula is C23H21NO4S. The lowest BCUT2D eigenvalue weighted by molar-refractivity contribution is -0.122. The molecule has 3 aromatic rings. The van der Waals surface area contributed by atoms with E-state index < -0.39 is 12.1 Å². The summed E-state index contributed by atoms with van der Waals surface area (Å²) < 4.78 is 11.0. The maximum Gasteiger partial charge on any atom is 0.341 e. The minimum absolute atomic E-state index is 0.275. The Morgan fingerprint density at radius 1 is 1.10 bits per heavy atom. The number of ether oxygens (including phenoxy) is 2. The quantitative estimate of drug-likeness (QED) is 0.462. The molecule has 0 saturated carbocycles. The van der Waals surface area contributed by atoms with Gasteiger partial charge in [0.25, 0.3) is 5.91 Å². The van der Waals surface area contributed by atoms with E-state index >= 15 is 0 Å². The van der Waals surface area contributed by atoms with Crippen molar-refractivity contribution in [1.82, 2.24) is 0 Å². The molecule has 0 radical (unpaired) electrons. The van der Waals surface area contributed by atoms with Crippen molar-refractivity contribution in [3.63, 3.8) is 0 Å². The highest BCUT2D eigenvalue weighted by Gasteiger charge is 2.32. The summed E-state index contributed by atoms with van der Waals surface area (Å²) in [5.74, 6) is -0.110. The topological polar surface area (TPSA) is 64.6 Å². The number of esters is 1. The summed E-state index contributed by atoms with van der Waals surface area (Å²) in [4.78, 5) is 26.4. The van der Waals surface area contributed by atoms with E-state index in [4.69, 9.17) is 9.47 Å². The molecule has 1 atom stereocenters. The van der Waals surface area contributed by atoms with Gasteiger partial charge in [0.2, 0.25) is 0 Å². The maximum absolute atomic E-state index is 12.7. The Bertz CT molecular complexity index is 1060. The summed E-state index contributed by atoms with van der Waals surface area (Å²) in [6.45, 7) is 3.73. The van der Waals surface area contributed by atoms with Crippen molar-refractivity contribution in [2.45, 2.75) is 26.4 Å². The predicted octanol–water partition coefficient (Wildman–Crippen LogP) is 4.90. The molecule has 1 aliphatic carbocycles. The first-order valence-corrected chi connectivity index (χ1v) is 10.3. The molecule has 5 nitrogen and oxygen atoms in total. The van der Waals surface area contributed by atoms with Crippen molar-refractivity contribution in [1.29, 1.82) is 0 Å². The van der Waals surface area contributed by atoms with Gasteiger partial charge in [-0.25, -0.2) is 4.79 Å². The lowest BCUT2D eigenvalue weighted by Gasteiger charge is -2.15. The van der Waals surface area contributed by atoms with Gasteiger partial charge in [0.1, 0.15) is 10.8 Å². The van der Waals surface area contributed by atoms with Gasteiger partial charge in [-0.1, -0.05) is 42.5 Å². The summed E-state index contributed by atoms with van der Waals surface area (Å²) in [5, 5.41) is 3.39. The lowest BCUT2D eigenvalue weighted by Crippen LogP contribution is -2.30. The van der Waals surface area contributed by atoms with Gasteiger partial charge in [-0.15, -0.1) is 11.3 Å². The van der Waals surface area contributed by atoms with Gasteiger partial charge < -0.3 is 14.8 Å². The van der Waals surface area contributed by atoms with Crippen LogP contribution in [0.25, 0.3) is 10.4 Å². The summed E-state index contributed by atoms with van der Waals surface area (Å²) in [7, 11) is 0. The van der Waals surface area contributed by atoms with E-state index in [2.05, 4.69) is 11.4 Å². The van der Waals surface area contributed by atoms with Crippen molar-refractivity contribution in [3.05, 3.63) is 71.3 Å². The van der Waals surface area contributed by atoms with E-state index in [0.717, 1.165) is 16.0 Å². The van der Waals surface area contributed by atoms with E-state index in [-0.39, 0.29) is 12.5 Å². The first-order chi connectivity index (χ1) is 14.1. The van der Waals surface area contributed by atoms with Crippen LogP contribution in [0.5, 0.6) is 5.75 Å². The largest absolute Gasteiger partial charge is 0.481 e. The smallest absolute Gasteiger partial charge is 0.341 e. The van der Waals surface area contributed by atoms with Crippen molar-refractivity contribution in [2.75, 3.05) is 11.9 Å². The summed E-state index contributed by atoms with van der Waals surface area (Å²) >= 11 is 1.41. The molecule has 1 heterocycles. The zero-order chi connectivity index (χ0) is 20.4. The number of anilines is 1. The monoisotopic (exact) mass is 407 g/mol. The molecule has 1 N–H and O–H groups in total. The van der Waals surface area contributed by atoms with Crippen LogP contribution in [-0.2, 0) is 16.0 Å². The van der Waals surface area contributed by atoms with E-state index in [9.17, 15) is 9.59 Å². The van der Waals surface area contributed by atoms with Crippen molar-refractivity contribution < 1.29 is 19.1 Å². The zero-order valence-corrected chi connectivity index (χ0v) is 17.0. The highest BCUT2D eigenvalue weighted by molar-refractivity contribution is 7.20. The number of fused-ring (bicyclic) bond motifs is 3. The normalized spacial score (nSPS) is 12.6. The van der Waals surface area contributed by atoms with Crippen LogP contribution in [-0.4, -0.2) is 24.6 Å². The lowest BCUT2D eigenvalue weighted by atomic mass is 10.1. The fourth-order valence-electron chi connectivity index (χ4n) is 3.42. The molecule has 4 rings (SSSR count). The molecule has 0 spiro atoms. The number of benzene rings is 2. The van der Waals surface area contributed by atoms with Crippen molar-refractivity contribution >= 4 is 28.2 Å². The molecule has 1 aliphatic rings. The standard InChI is InChI=1S/C23H21NO4S/c1-3-27-23(26)19-18-13-15-9-7-8-12-17(15)20(18)29-22(19)24-21(25)14(2)28-16-10-5-4-6-11-16/h4-12,14H,3,13H2,1-2H3,(H,24,25). The number of rotatable bonds is 6. The Labute approximate surface area is 173 Å². The highest BCUT2D eigenvalue weighted by Crippen LogP contribution is 2.47. The van der Waals surface area contributed by atoms with Gasteiger partial charge in [-0.3, -0.25) is 4.79 Å². The Kier molecular flexibility index (Phi) is 5.36. The van der Waals surface area contributed by atoms with Gasteiger partial charge in [0.15, 0.2) is 6.10 Å². The number of carbonyl (C=O) groups is 2. The molecule has 0 aliphatic heterocycles. The van der Waals surface area contributed by atoms with Crippen molar-refractivity contribution in [3.8, 4) is 16.2 Å². The molecule has 0 saturated heterocycles. The van der Waals surface area contributed by atoms with Gasteiger partial charge in [-0.2, -0.15) is 0 Å². The fraction of sp³-hybridized carbons (Fsp3) is 0.217. The minimum Gasteiger partial charge on any atom is -0.481 e. The number of nitrogens with one attached hydrogen (secondary N) is 1. The van der Waals surface area contributed by atoms with E-state index in [1.807, 2.05) is 36.4 Å². The van der Waals surface area contributed by atoms with Crippen LogP contribution in [0.4, 0.5) is 5.00 Å². The third kappa shape index (κ3) is 3.76. The average Bonchev–Trinajstić information content (AvgIpc) is 3.24. The SMILES string of the molecule is CCOC(=O)c1c(NC(=O)C(C)Oc2ccccc2)sc2c1Cc1ccccc1-2. The Morgan fingerprint density at radius 2 is 1.83 bits per heavy atom. The molecule has 1 aromatic heterocycles. The summed E-state index contributed by atoms with van der Waals surface area (Å²) in [6.07, 6.45) is -0.0566. The zero-order valence-electron chi connectivity index (χ0n) is 16.2. The summed E-state index contributed by atoms with van der Waals surface area (Å²) in [6, 6.07) is 17.2. The van der Waals surface area contributed by atoms with Crippen LogP contribution in [0.3, 0.4) is 0 Å². The molecule has 29 heavy (non-hydrogen) atoms. The van der Waals surface area contributed by atoms with Crippen LogP contribution in [0.15, 0.2) is 54.6 Å². The van der Waals surface area contributed by atoms with Crippen LogP contribution in [0.1, 0.15) is 35.3 Å². The predicted molar refractivity (Wildman–Crippen MR) is 114 cm³/mol. The molecule has 2 aromatic carbocycles. The van der Waals surface area contributed by atoms with Gasteiger partial charge in [0.05, 0.1) is 12.2 Å². The molecule has 148 valence electrons. The van der Waals surface area contributed by atoms with Gasteiger partial charge in [-0.05, 0) is 42.7 Å². The first kappa shape index (κ1) is 19.2. The fourth-order valence-corrected chi connectivity index (χ4v) is 4.69. The number of hydrogen-bond acceptors (Lipinski definition) is 5. The van der Waals surface area contributed by atoms with E-state index in [0.29, 0.717) is 22.7 Å². The van der Waals surface area contributed by atoms with Gasteiger partial charge >= 0.3 is 5.97 Å². The maximum atomic E-state index is 12.7. The first-order valence-electron chi connectivity index (χ1n) is 9.52. The molecule has 0 fully saturated rings. The van der Waals surface area contributed by atoms with Crippen LogP contribution in [0.2, 0.25) is 0 Å². The Morgan fingerprint density at radius 3 is 2.59 bits per heavy atom.